The summed E-state index contributed by atoms with van der Waals surface area (Å²) in [4.78, 5) is 11.9. The Labute approximate surface area is 136 Å². The molecule has 0 saturated heterocycles. The average Bonchev–Trinajstić information content (AvgIpc) is 2.82. The van der Waals surface area contributed by atoms with Crippen LogP contribution in [0.25, 0.3) is 0 Å². The lowest BCUT2D eigenvalue weighted by atomic mass is 10.1. The van der Waals surface area contributed by atoms with Crippen molar-refractivity contribution in [3.05, 3.63) is 52.9 Å². The van der Waals surface area contributed by atoms with E-state index in [0.29, 0.717) is 19.4 Å². The van der Waals surface area contributed by atoms with E-state index in [0.717, 1.165) is 22.6 Å². The number of nitrogens with zero attached hydrogens (tertiary/aromatic N) is 1. The molecule has 0 aliphatic heterocycles. The average molecular weight is 324 g/mol. The Hall–Kier alpha value is -1.85. The van der Waals surface area contributed by atoms with E-state index in [1.165, 1.54) is 0 Å². The fraction of sp³-hybridized carbons (Fsp3) is 0.375. The molecule has 1 amide bonds. The lowest BCUT2D eigenvalue weighted by molar-refractivity contribution is -0.121. The summed E-state index contributed by atoms with van der Waals surface area (Å²) in [6.45, 7) is 4.18. The molecular formula is C16H22ClN3O2. The number of hydrogen-bond acceptors (Lipinski definition) is 4. The van der Waals surface area contributed by atoms with Gasteiger partial charge in [0.1, 0.15) is 5.76 Å². The van der Waals surface area contributed by atoms with Crippen LogP contribution in [0.2, 0.25) is 0 Å². The first-order valence-corrected chi connectivity index (χ1v) is 7.07. The summed E-state index contributed by atoms with van der Waals surface area (Å²) in [5.41, 5.74) is 8.92. The van der Waals surface area contributed by atoms with Gasteiger partial charge in [-0.25, -0.2) is 0 Å². The highest BCUT2D eigenvalue weighted by atomic mass is 35.5. The third-order valence-corrected chi connectivity index (χ3v) is 3.53. The van der Waals surface area contributed by atoms with Crippen LogP contribution in [0.5, 0.6) is 0 Å². The molecule has 1 aromatic carbocycles. The van der Waals surface area contributed by atoms with Gasteiger partial charge < -0.3 is 15.6 Å². The molecule has 5 nitrogen and oxygen atoms in total. The van der Waals surface area contributed by atoms with Crippen molar-refractivity contribution < 1.29 is 9.32 Å². The Balaban J connectivity index is 0.00000242. The molecule has 2 aromatic rings. The highest BCUT2D eigenvalue weighted by molar-refractivity contribution is 5.85. The monoisotopic (exact) mass is 323 g/mol. The van der Waals surface area contributed by atoms with E-state index < -0.39 is 0 Å². The highest BCUT2D eigenvalue weighted by Gasteiger charge is 2.12. The summed E-state index contributed by atoms with van der Waals surface area (Å²) in [5.74, 6) is 0.766. The first kappa shape index (κ1) is 18.2. The van der Waals surface area contributed by atoms with Gasteiger partial charge in [0.25, 0.3) is 0 Å². The number of rotatable bonds is 6. The van der Waals surface area contributed by atoms with Crippen LogP contribution in [-0.2, 0) is 11.2 Å². The minimum atomic E-state index is -0.186. The lowest BCUT2D eigenvalue weighted by Gasteiger charge is -2.13. The number of amides is 1. The summed E-state index contributed by atoms with van der Waals surface area (Å²) in [7, 11) is 0. The highest BCUT2D eigenvalue weighted by Crippen LogP contribution is 2.14. The Morgan fingerprint density at radius 2 is 2.00 bits per heavy atom. The van der Waals surface area contributed by atoms with Crippen LogP contribution in [0.15, 0.2) is 34.9 Å². The Morgan fingerprint density at radius 1 is 1.32 bits per heavy atom. The summed E-state index contributed by atoms with van der Waals surface area (Å²) < 4.78 is 5.08. The van der Waals surface area contributed by atoms with Crippen molar-refractivity contribution in [1.29, 1.82) is 0 Å². The number of benzene rings is 1. The summed E-state index contributed by atoms with van der Waals surface area (Å²) >= 11 is 0. The number of nitrogens with one attached hydrogen (secondary N) is 1. The summed E-state index contributed by atoms with van der Waals surface area (Å²) in [6, 6.07) is 9.55. The number of nitrogens with two attached hydrogens (primary N) is 1. The van der Waals surface area contributed by atoms with Gasteiger partial charge in [0.2, 0.25) is 5.91 Å². The minimum Gasteiger partial charge on any atom is -0.361 e. The van der Waals surface area contributed by atoms with E-state index in [9.17, 15) is 4.79 Å². The number of halogens is 1. The molecule has 0 aliphatic rings. The normalized spacial score (nSPS) is 11.6. The van der Waals surface area contributed by atoms with Gasteiger partial charge in [-0.1, -0.05) is 35.5 Å². The van der Waals surface area contributed by atoms with Crippen molar-refractivity contribution in [2.75, 3.05) is 6.54 Å². The van der Waals surface area contributed by atoms with Crippen LogP contribution < -0.4 is 11.1 Å². The van der Waals surface area contributed by atoms with Crippen LogP contribution in [0.4, 0.5) is 0 Å². The second kappa shape index (κ2) is 8.56. The third-order valence-electron chi connectivity index (χ3n) is 3.53. The predicted molar refractivity (Wildman–Crippen MR) is 87.9 cm³/mol. The quantitative estimate of drug-likeness (QED) is 0.855. The minimum absolute atomic E-state index is 0. The van der Waals surface area contributed by atoms with Crippen molar-refractivity contribution in [3.8, 4) is 0 Å². The molecule has 0 aliphatic carbocycles. The van der Waals surface area contributed by atoms with Crippen LogP contribution >= 0.6 is 12.4 Å². The SMILES string of the molecule is Cc1noc(C)c1CCC(=O)NCC(N)c1ccccc1.Cl. The molecule has 3 N–H and O–H groups in total. The van der Waals surface area contributed by atoms with Gasteiger partial charge in [0, 0.05) is 24.6 Å². The predicted octanol–water partition coefficient (Wildman–Crippen LogP) is 2.46. The van der Waals surface area contributed by atoms with Crippen molar-refractivity contribution in [1.82, 2.24) is 10.5 Å². The maximum atomic E-state index is 11.9. The fourth-order valence-electron chi connectivity index (χ4n) is 2.23. The third kappa shape index (κ3) is 4.86. The van der Waals surface area contributed by atoms with Gasteiger partial charge in [0.05, 0.1) is 5.69 Å². The van der Waals surface area contributed by atoms with E-state index in [4.69, 9.17) is 10.3 Å². The maximum absolute atomic E-state index is 11.9. The van der Waals surface area contributed by atoms with Gasteiger partial charge in [-0.15, -0.1) is 12.4 Å². The fourth-order valence-corrected chi connectivity index (χ4v) is 2.23. The topological polar surface area (TPSA) is 81.2 Å². The van der Waals surface area contributed by atoms with Crippen LogP contribution in [-0.4, -0.2) is 17.6 Å². The Bertz CT molecular complexity index is 579. The molecule has 0 saturated carbocycles. The standard InChI is InChI=1S/C16H21N3O2.ClH/c1-11-14(12(2)21-19-11)8-9-16(20)18-10-15(17)13-6-4-3-5-7-13;/h3-7,15H,8-10,17H2,1-2H3,(H,18,20);1H. The summed E-state index contributed by atoms with van der Waals surface area (Å²) in [6.07, 6.45) is 1.04. The number of carbonyl (C=O) groups excluding carboxylic acids is 1. The van der Waals surface area contributed by atoms with E-state index in [1.807, 2.05) is 44.2 Å². The van der Waals surface area contributed by atoms with Gasteiger partial charge in [0.15, 0.2) is 0 Å². The van der Waals surface area contributed by atoms with Crippen molar-refractivity contribution >= 4 is 18.3 Å². The van der Waals surface area contributed by atoms with E-state index in [-0.39, 0.29) is 24.4 Å². The number of carbonyl (C=O) groups is 1. The van der Waals surface area contributed by atoms with Crippen LogP contribution in [0, 0.1) is 13.8 Å². The van der Waals surface area contributed by atoms with Crippen molar-refractivity contribution in [2.45, 2.75) is 32.7 Å². The molecule has 2 rings (SSSR count). The molecule has 1 heterocycles. The van der Waals surface area contributed by atoms with Crippen molar-refractivity contribution in [3.63, 3.8) is 0 Å². The first-order valence-electron chi connectivity index (χ1n) is 7.07. The van der Waals surface area contributed by atoms with Crippen molar-refractivity contribution in [2.24, 2.45) is 5.73 Å². The van der Waals surface area contributed by atoms with E-state index in [1.54, 1.807) is 0 Å². The largest absolute Gasteiger partial charge is 0.361 e. The van der Waals surface area contributed by atoms with E-state index in [2.05, 4.69) is 10.5 Å². The molecule has 1 aromatic heterocycles. The zero-order chi connectivity index (χ0) is 15.2. The molecule has 1 unspecified atom stereocenters. The second-order valence-electron chi connectivity index (χ2n) is 5.12. The molecule has 120 valence electrons. The second-order valence-corrected chi connectivity index (χ2v) is 5.12. The Kier molecular flexibility index (Phi) is 7.08. The van der Waals surface area contributed by atoms with Gasteiger partial charge in [-0.05, 0) is 25.8 Å². The Morgan fingerprint density at radius 3 is 2.59 bits per heavy atom. The maximum Gasteiger partial charge on any atom is 0.220 e. The zero-order valence-corrected chi connectivity index (χ0v) is 13.7. The molecule has 0 radical (unpaired) electrons. The number of hydrogen-bond donors (Lipinski definition) is 2. The van der Waals surface area contributed by atoms with Gasteiger partial charge in [-0.3, -0.25) is 4.79 Å². The molecule has 0 bridgehead atoms. The smallest absolute Gasteiger partial charge is 0.220 e. The molecule has 22 heavy (non-hydrogen) atoms. The van der Waals surface area contributed by atoms with E-state index >= 15 is 0 Å². The number of aryl methyl sites for hydroxylation is 2. The first-order chi connectivity index (χ1) is 10.1. The molecule has 0 spiro atoms. The van der Waals surface area contributed by atoms with Gasteiger partial charge >= 0.3 is 0 Å². The van der Waals surface area contributed by atoms with Crippen LogP contribution in [0.3, 0.4) is 0 Å². The summed E-state index contributed by atoms with van der Waals surface area (Å²) in [5, 5.41) is 6.75. The van der Waals surface area contributed by atoms with Gasteiger partial charge in [-0.2, -0.15) is 0 Å². The van der Waals surface area contributed by atoms with Crippen LogP contribution in [0.1, 0.15) is 35.0 Å². The zero-order valence-electron chi connectivity index (χ0n) is 12.8. The number of aromatic nitrogens is 1. The lowest BCUT2D eigenvalue weighted by Crippen LogP contribution is -2.32. The molecule has 1 atom stereocenters. The molecule has 6 heteroatoms. The molecular weight excluding hydrogens is 302 g/mol. The molecule has 0 fully saturated rings.